The van der Waals surface area contributed by atoms with E-state index in [9.17, 15) is 12.8 Å². The molecule has 0 unspecified atom stereocenters. The van der Waals surface area contributed by atoms with Gasteiger partial charge in [0.1, 0.15) is 5.82 Å². The van der Waals surface area contributed by atoms with Crippen molar-refractivity contribution in [2.75, 3.05) is 0 Å². The summed E-state index contributed by atoms with van der Waals surface area (Å²) >= 11 is 0. The SMILES string of the molecule is CC[C@@H](C)c1ccc(S(=O)(=O)NCc2ccccc2F)cc1. The number of halogens is 1. The molecule has 1 atom stereocenters. The molecule has 1 N–H and O–H groups in total. The number of rotatable bonds is 6. The van der Waals surface area contributed by atoms with E-state index in [4.69, 9.17) is 0 Å². The molecule has 0 aliphatic carbocycles. The average Bonchev–Trinajstić information content (AvgIpc) is 2.53. The van der Waals surface area contributed by atoms with Gasteiger partial charge in [0, 0.05) is 12.1 Å². The fourth-order valence-corrected chi connectivity index (χ4v) is 3.12. The summed E-state index contributed by atoms with van der Waals surface area (Å²) in [7, 11) is -3.64. The lowest BCUT2D eigenvalue weighted by Crippen LogP contribution is -2.23. The molecular formula is C17H20FNO2S. The van der Waals surface area contributed by atoms with Gasteiger partial charge in [0.15, 0.2) is 0 Å². The van der Waals surface area contributed by atoms with Crippen LogP contribution in [0.3, 0.4) is 0 Å². The lowest BCUT2D eigenvalue weighted by atomic mass is 9.99. The highest BCUT2D eigenvalue weighted by Gasteiger charge is 2.15. The van der Waals surface area contributed by atoms with Crippen LogP contribution in [0.25, 0.3) is 0 Å². The molecule has 3 nitrogen and oxygen atoms in total. The molecule has 0 amide bonds. The third kappa shape index (κ3) is 3.93. The summed E-state index contributed by atoms with van der Waals surface area (Å²) in [6.07, 6.45) is 0.998. The number of hydrogen-bond donors (Lipinski definition) is 1. The molecule has 22 heavy (non-hydrogen) atoms. The van der Waals surface area contributed by atoms with Gasteiger partial charge in [-0.15, -0.1) is 0 Å². The van der Waals surface area contributed by atoms with Gasteiger partial charge in [-0.2, -0.15) is 0 Å². The van der Waals surface area contributed by atoms with Crippen LogP contribution in [-0.4, -0.2) is 8.42 Å². The molecule has 0 saturated carbocycles. The highest BCUT2D eigenvalue weighted by Crippen LogP contribution is 2.20. The summed E-state index contributed by atoms with van der Waals surface area (Å²) < 4.78 is 40.4. The Labute approximate surface area is 131 Å². The summed E-state index contributed by atoms with van der Waals surface area (Å²) in [4.78, 5) is 0.191. The molecule has 0 aliphatic heterocycles. The molecule has 118 valence electrons. The van der Waals surface area contributed by atoms with Crippen molar-refractivity contribution in [1.29, 1.82) is 0 Å². The summed E-state index contributed by atoms with van der Waals surface area (Å²) in [6.45, 7) is 4.12. The van der Waals surface area contributed by atoms with Crippen LogP contribution in [0.4, 0.5) is 4.39 Å². The summed E-state index contributed by atoms with van der Waals surface area (Å²) in [6, 6.07) is 12.9. The van der Waals surface area contributed by atoms with Crippen molar-refractivity contribution in [2.45, 2.75) is 37.6 Å². The second-order valence-corrected chi connectivity index (χ2v) is 7.06. The van der Waals surface area contributed by atoms with Crippen LogP contribution < -0.4 is 4.72 Å². The minimum absolute atomic E-state index is 0.0673. The van der Waals surface area contributed by atoms with Crippen LogP contribution in [0.1, 0.15) is 37.3 Å². The molecule has 0 spiro atoms. The Bertz CT molecular complexity index is 727. The van der Waals surface area contributed by atoms with Gasteiger partial charge in [0.25, 0.3) is 0 Å². The van der Waals surface area contributed by atoms with Crippen molar-refractivity contribution in [1.82, 2.24) is 4.72 Å². The fraction of sp³-hybridized carbons (Fsp3) is 0.294. The lowest BCUT2D eigenvalue weighted by molar-refractivity contribution is 0.574. The average molecular weight is 321 g/mol. The molecule has 0 saturated heterocycles. The Morgan fingerprint density at radius 3 is 2.32 bits per heavy atom. The molecule has 0 radical (unpaired) electrons. The van der Waals surface area contributed by atoms with Crippen LogP contribution in [0.2, 0.25) is 0 Å². The zero-order valence-corrected chi connectivity index (χ0v) is 13.5. The molecule has 5 heteroatoms. The maximum absolute atomic E-state index is 13.5. The molecule has 0 aliphatic rings. The van der Waals surface area contributed by atoms with Crippen LogP contribution in [0.15, 0.2) is 53.4 Å². The van der Waals surface area contributed by atoms with Crippen LogP contribution in [0.5, 0.6) is 0 Å². The predicted octanol–water partition coefficient (Wildman–Crippen LogP) is 3.82. The van der Waals surface area contributed by atoms with Gasteiger partial charge in [0.05, 0.1) is 4.90 Å². The Morgan fingerprint density at radius 1 is 1.09 bits per heavy atom. The summed E-state index contributed by atoms with van der Waals surface area (Å²) in [5.41, 5.74) is 1.43. The maximum Gasteiger partial charge on any atom is 0.240 e. The van der Waals surface area contributed by atoms with Gasteiger partial charge < -0.3 is 0 Å². The van der Waals surface area contributed by atoms with E-state index < -0.39 is 15.8 Å². The molecular weight excluding hydrogens is 301 g/mol. The maximum atomic E-state index is 13.5. The van der Waals surface area contributed by atoms with Crippen LogP contribution >= 0.6 is 0 Å². The lowest BCUT2D eigenvalue weighted by Gasteiger charge is -2.11. The van der Waals surface area contributed by atoms with Crippen molar-refractivity contribution in [3.8, 4) is 0 Å². The second-order valence-electron chi connectivity index (χ2n) is 5.29. The molecule has 0 heterocycles. The van der Waals surface area contributed by atoms with E-state index in [1.165, 1.54) is 6.07 Å². The second kappa shape index (κ2) is 7.03. The van der Waals surface area contributed by atoms with E-state index in [0.29, 0.717) is 11.5 Å². The number of hydrogen-bond acceptors (Lipinski definition) is 2. The van der Waals surface area contributed by atoms with Crippen molar-refractivity contribution in [2.24, 2.45) is 0 Å². The Kier molecular flexibility index (Phi) is 5.32. The van der Waals surface area contributed by atoms with Gasteiger partial charge in [-0.05, 0) is 36.1 Å². The number of benzene rings is 2. The predicted molar refractivity (Wildman–Crippen MR) is 85.6 cm³/mol. The minimum atomic E-state index is -3.64. The van der Waals surface area contributed by atoms with Crippen molar-refractivity contribution < 1.29 is 12.8 Å². The van der Waals surface area contributed by atoms with E-state index in [0.717, 1.165) is 12.0 Å². The molecule has 0 bridgehead atoms. The quantitative estimate of drug-likeness (QED) is 0.879. The Hall–Kier alpha value is -1.72. The van der Waals surface area contributed by atoms with Crippen molar-refractivity contribution >= 4 is 10.0 Å². The summed E-state index contributed by atoms with van der Waals surface area (Å²) in [5.74, 6) is -0.0274. The zero-order chi connectivity index (χ0) is 16.2. The smallest absolute Gasteiger partial charge is 0.207 e. The Balaban J connectivity index is 2.12. The van der Waals surface area contributed by atoms with Crippen LogP contribution in [0, 0.1) is 5.82 Å². The van der Waals surface area contributed by atoms with Gasteiger partial charge in [-0.3, -0.25) is 0 Å². The monoisotopic (exact) mass is 321 g/mol. The largest absolute Gasteiger partial charge is 0.240 e. The van der Waals surface area contributed by atoms with Gasteiger partial charge in [0.2, 0.25) is 10.0 Å². The Morgan fingerprint density at radius 2 is 1.73 bits per heavy atom. The standard InChI is InChI=1S/C17H20FNO2S/c1-3-13(2)14-8-10-16(11-9-14)22(20,21)19-12-15-6-4-5-7-17(15)18/h4-11,13,19H,3,12H2,1-2H3/t13-/m1/s1. The van der Waals surface area contributed by atoms with Gasteiger partial charge in [-0.1, -0.05) is 44.2 Å². The normalized spacial score (nSPS) is 13.0. The zero-order valence-electron chi connectivity index (χ0n) is 12.7. The third-order valence-electron chi connectivity index (χ3n) is 3.78. The first kappa shape index (κ1) is 16.6. The highest BCUT2D eigenvalue weighted by atomic mass is 32.2. The van der Waals surface area contributed by atoms with Crippen molar-refractivity contribution in [3.05, 3.63) is 65.5 Å². The van der Waals surface area contributed by atoms with E-state index in [1.807, 2.05) is 12.1 Å². The molecule has 2 aromatic carbocycles. The first-order valence-corrected chi connectivity index (χ1v) is 8.75. The van der Waals surface area contributed by atoms with Gasteiger partial charge >= 0.3 is 0 Å². The fourth-order valence-electron chi connectivity index (χ4n) is 2.11. The first-order chi connectivity index (χ1) is 10.4. The molecule has 2 aromatic rings. The third-order valence-corrected chi connectivity index (χ3v) is 5.20. The van der Waals surface area contributed by atoms with Crippen molar-refractivity contribution in [3.63, 3.8) is 0 Å². The van der Waals surface area contributed by atoms with E-state index in [-0.39, 0.29) is 11.4 Å². The van der Waals surface area contributed by atoms with Gasteiger partial charge in [-0.25, -0.2) is 17.5 Å². The van der Waals surface area contributed by atoms with E-state index >= 15 is 0 Å². The first-order valence-electron chi connectivity index (χ1n) is 7.27. The molecule has 0 aromatic heterocycles. The van der Waals surface area contributed by atoms with Crippen LogP contribution in [-0.2, 0) is 16.6 Å². The molecule has 2 rings (SSSR count). The number of sulfonamides is 1. The number of nitrogens with one attached hydrogen (secondary N) is 1. The van der Waals surface area contributed by atoms with E-state index in [1.54, 1.807) is 30.3 Å². The molecule has 0 fully saturated rings. The minimum Gasteiger partial charge on any atom is -0.207 e. The topological polar surface area (TPSA) is 46.2 Å². The highest BCUT2D eigenvalue weighted by molar-refractivity contribution is 7.89. The summed E-state index contributed by atoms with van der Waals surface area (Å²) in [5, 5.41) is 0. The van der Waals surface area contributed by atoms with E-state index in [2.05, 4.69) is 18.6 Å².